The highest BCUT2D eigenvalue weighted by molar-refractivity contribution is 6.02. The van der Waals surface area contributed by atoms with Crippen molar-refractivity contribution in [2.45, 2.75) is 0 Å². The van der Waals surface area contributed by atoms with E-state index in [2.05, 4.69) is 30.8 Å². The van der Waals surface area contributed by atoms with E-state index >= 15 is 0 Å². The molecular formula is C9H10N6O. The van der Waals surface area contributed by atoms with Crippen LogP contribution in [0.25, 0.3) is 0 Å². The van der Waals surface area contributed by atoms with E-state index < -0.39 is 0 Å². The smallest absolute Gasteiger partial charge is 0.275 e. The molecule has 1 amide bonds. The van der Waals surface area contributed by atoms with Gasteiger partial charge >= 0.3 is 0 Å². The fraction of sp³-hybridized carbons (Fsp3) is 0.111. The molecule has 82 valence electrons. The minimum atomic E-state index is -0.323. The molecule has 0 saturated carbocycles. The fourth-order valence-corrected chi connectivity index (χ4v) is 1.09. The van der Waals surface area contributed by atoms with E-state index in [4.69, 9.17) is 0 Å². The summed E-state index contributed by atoms with van der Waals surface area (Å²) in [5.41, 5.74) is 0.838. The summed E-state index contributed by atoms with van der Waals surface area (Å²) in [4.78, 5) is 19.6. The van der Waals surface area contributed by atoms with Crippen molar-refractivity contribution in [3.05, 3.63) is 30.5 Å². The van der Waals surface area contributed by atoms with Crippen LogP contribution in [-0.4, -0.2) is 33.1 Å². The van der Waals surface area contributed by atoms with Gasteiger partial charge < -0.3 is 10.6 Å². The molecule has 0 unspecified atom stereocenters. The monoisotopic (exact) mass is 218 g/mol. The summed E-state index contributed by atoms with van der Waals surface area (Å²) in [6, 6.07) is 0. The molecular weight excluding hydrogens is 208 g/mol. The molecule has 0 atom stereocenters. The van der Waals surface area contributed by atoms with Gasteiger partial charge in [0.25, 0.3) is 5.91 Å². The van der Waals surface area contributed by atoms with E-state index in [0.717, 1.165) is 0 Å². The molecule has 7 heteroatoms. The molecule has 0 spiro atoms. The van der Waals surface area contributed by atoms with Gasteiger partial charge in [-0.2, -0.15) is 5.10 Å². The van der Waals surface area contributed by atoms with Gasteiger partial charge in [-0.15, -0.1) is 0 Å². The van der Waals surface area contributed by atoms with E-state index in [1.807, 2.05) is 0 Å². The Bertz CT molecular complexity index is 463. The van der Waals surface area contributed by atoms with Crippen LogP contribution in [0.15, 0.2) is 24.8 Å². The molecule has 2 aromatic rings. The number of nitrogens with zero attached hydrogens (tertiary/aromatic N) is 3. The first-order valence-corrected chi connectivity index (χ1v) is 4.59. The zero-order chi connectivity index (χ0) is 11.4. The average molecular weight is 218 g/mol. The molecule has 0 aromatic carbocycles. The van der Waals surface area contributed by atoms with Crippen molar-refractivity contribution < 1.29 is 4.79 Å². The zero-order valence-corrected chi connectivity index (χ0v) is 8.56. The lowest BCUT2D eigenvalue weighted by molar-refractivity contribution is 0.102. The first kappa shape index (κ1) is 10.1. The Morgan fingerprint density at radius 1 is 1.31 bits per heavy atom. The largest absolute Gasteiger partial charge is 0.372 e. The van der Waals surface area contributed by atoms with Crippen LogP contribution in [0.3, 0.4) is 0 Å². The highest BCUT2D eigenvalue weighted by atomic mass is 16.1. The number of nitrogens with one attached hydrogen (secondary N) is 3. The number of hydrogen-bond donors (Lipinski definition) is 3. The molecule has 0 aliphatic rings. The van der Waals surface area contributed by atoms with E-state index in [-0.39, 0.29) is 11.6 Å². The molecule has 0 fully saturated rings. The van der Waals surface area contributed by atoms with Crippen molar-refractivity contribution in [1.29, 1.82) is 0 Å². The molecule has 7 nitrogen and oxygen atoms in total. The maximum absolute atomic E-state index is 11.6. The predicted molar refractivity (Wildman–Crippen MR) is 58.1 cm³/mol. The number of anilines is 2. The number of hydrogen-bond acceptors (Lipinski definition) is 5. The van der Waals surface area contributed by atoms with Crippen LogP contribution in [0.1, 0.15) is 10.5 Å². The molecule has 0 saturated heterocycles. The van der Waals surface area contributed by atoms with Crippen molar-refractivity contribution in [3.63, 3.8) is 0 Å². The van der Waals surface area contributed by atoms with E-state index in [9.17, 15) is 4.79 Å². The molecule has 2 heterocycles. The lowest BCUT2D eigenvalue weighted by Crippen LogP contribution is -2.13. The highest BCUT2D eigenvalue weighted by Gasteiger charge is 2.08. The lowest BCUT2D eigenvalue weighted by atomic mass is 10.4. The second-order valence-electron chi connectivity index (χ2n) is 2.98. The van der Waals surface area contributed by atoms with Crippen LogP contribution in [0, 0.1) is 0 Å². The first-order valence-electron chi connectivity index (χ1n) is 4.59. The van der Waals surface area contributed by atoms with Crippen LogP contribution in [0.5, 0.6) is 0 Å². The maximum Gasteiger partial charge on any atom is 0.275 e. The van der Waals surface area contributed by atoms with Crippen LogP contribution < -0.4 is 10.6 Å². The summed E-state index contributed by atoms with van der Waals surface area (Å²) >= 11 is 0. The predicted octanol–water partition coefficient (Wildman–Crippen LogP) is 0.494. The van der Waals surface area contributed by atoms with Crippen molar-refractivity contribution >= 4 is 17.4 Å². The number of aromatic amines is 1. The lowest BCUT2D eigenvalue weighted by Gasteiger charge is -2.02. The summed E-state index contributed by atoms with van der Waals surface area (Å²) in [5.74, 6) is 0.288. The normalized spacial score (nSPS) is 9.81. The molecule has 16 heavy (non-hydrogen) atoms. The van der Waals surface area contributed by atoms with Crippen LogP contribution in [0.4, 0.5) is 11.5 Å². The standard InChI is InChI=1S/C9H10N6O/c1-10-8-5-11-7(4-12-8)9(16)15-6-2-13-14-3-6/h2-5H,1H3,(H,10,12)(H,13,14)(H,15,16). The van der Waals surface area contributed by atoms with Gasteiger partial charge in [-0.3, -0.25) is 9.89 Å². The van der Waals surface area contributed by atoms with Crippen LogP contribution in [-0.2, 0) is 0 Å². The third-order valence-corrected chi connectivity index (χ3v) is 1.90. The number of carbonyl (C=O) groups is 1. The van der Waals surface area contributed by atoms with Crippen LogP contribution >= 0.6 is 0 Å². The van der Waals surface area contributed by atoms with Crippen LogP contribution in [0.2, 0.25) is 0 Å². The van der Waals surface area contributed by atoms with Crippen molar-refractivity contribution in [3.8, 4) is 0 Å². The minimum absolute atomic E-state index is 0.250. The van der Waals surface area contributed by atoms with Crippen molar-refractivity contribution in [2.24, 2.45) is 0 Å². The number of rotatable bonds is 3. The molecule has 0 radical (unpaired) electrons. The molecule has 0 bridgehead atoms. The Kier molecular flexibility index (Phi) is 2.77. The topological polar surface area (TPSA) is 95.6 Å². The first-order chi connectivity index (χ1) is 7.79. The second-order valence-corrected chi connectivity index (χ2v) is 2.98. The Hall–Kier alpha value is -2.44. The van der Waals surface area contributed by atoms with Gasteiger partial charge in [0.1, 0.15) is 11.5 Å². The van der Waals surface area contributed by atoms with Gasteiger partial charge in [0.05, 0.1) is 24.3 Å². The average Bonchev–Trinajstić information content (AvgIpc) is 2.82. The van der Waals surface area contributed by atoms with Gasteiger partial charge in [-0.25, -0.2) is 9.97 Å². The molecule has 2 aromatic heterocycles. The second kappa shape index (κ2) is 4.39. The molecule has 2 rings (SSSR count). The fourth-order valence-electron chi connectivity index (χ4n) is 1.09. The van der Waals surface area contributed by atoms with E-state index in [0.29, 0.717) is 11.5 Å². The van der Waals surface area contributed by atoms with Gasteiger partial charge in [0, 0.05) is 13.2 Å². The highest BCUT2D eigenvalue weighted by Crippen LogP contribution is 2.05. The van der Waals surface area contributed by atoms with Crippen molar-refractivity contribution in [1.82, 2.24) is 20.2 Å². The molecule has 0 aliphatic heterocycles. The summed E-state index contributed by atoms with van der Waals surface area (Å²) in [6.07, 6.45) is 5.98. The molecule has 0 aliphatic carbocycles. The Morgan fingerprint density at radius 2 is 2.19 bits per heavy atom. The van der Waals surface area contributed by atoms with E-state index in [1.54, 1.807) is 13.2 Å². The minimum Gasteiger partial charge on any atom is -0.372 e. The van der Waals surface area contributed by atoms with Crippen molar-refractivity contribution in [2.75, 3.05) is 17.7 Å². The number of aromatic nitrogens is 4. The van der Waals surface area contributed by atoms with E-state index in [1.165, 1.54) is 18.6 Å². The van der Waals surface area contributed by atoms with Gasteiger partial charge in [0.2, 0.25) is 0 Å². The number of carbonyl (C=O) groups excluding carboxylic acids is 1. The summed E-state index contributed by atoms with van der Waals surface area (Å²) in [5, 5.41) is 11.7. The maximum atomic E-state index is 11.6. The third-order valence-electron chi connectivity index (χ3n) is 1.90. The summed E-state index contributed by atoms with van der Waals surface area (Å²) in [6.45, 7) is 0. The third kappa shape index (κ3) is 2.14. The SMILES string of the molecule is CNc1cnc(C(=O)Nc2cn[nH]c2)cn1. The van der Waals surface area contributed by atoms with Gasteiger partial charge in [-0.05, 0) is 0 Å². The molecule has 3 N–H and O–H groups in total. The number of H-pyrrole nitrogens is 1. The van der Waals surface area contributed by atoms with Gasteiger partial charge in [0.15, 0.2) is 0 Å². The Balaban J connectivity index is 2.09. The summed E-state index contributed by atoms with van der Waals surface area (Å²) in [7, 11) is 1.73. The Labute approximate surface area is 91.3 Å². The quantitative estimate of drug-likeness (QED) is 0.697. The Morgan fingerprint density at radius 3 is 2.75 bits per heavy atom. The zero-order valence-electron chi connectivity index (χ0n) is 8.56. The number of amides is 1. The van der Waals surface area contributed by atoms with Gasteiger partial charge in [-0.1, -0.05) is 0 Å². The summed E-state index contributed by atoms with van der Waals surface area (Å²) < 4.78 is 0.